The smallest absolute Gasteiger partial charge is 0.338 e. The molecule has 0 radical (unpaired) electrons. The molecule has 1 aromatic rings. The summed E-state index contributed by atoms with van der Waals surface area (Å²) in [4.78, 5) is 24.0. The topological polar surface area (TPSA) is 83.1 Å². The largest absolute Gasteiger partial charge is 0.493 e. The molecule has 1 N–H and O–H groups in total. The van der Waals surface area contributed by atoms with E-state index < -0.39 is 5.97 Å². The van der Waals surface area contributed by atoms with Gasteiger partial charge in [-0.1, -0.05) is 6.92 Å². The quantitative estimate of drug-likeness (QED) is 0.799. The third-order valence-corrected chi connectivity index (χ3v) is 3.76. The second-order valence-corrected chi connectivity index (χ2v) is 6.06. The van der Waals surface area contributed by atoms with E-state index in [0.717, 1.165) is 6.42 Å². The molecule has 0 bridgehead atoms. The molecule has 0 saturated carbocycles. The van der Waals surface area contributed by atoms with Crippen molar-refractivity contribution in [3.05, 3.63) is 17.7 Å². The number of fused-ring (bicyclic) bond motifs is 1. The zero-order chi connectivity index (χ0) is 17.7. The lowest BCUT2D eigenvalue weighted by Gasteiger charge is -2.24. The molecule has 0 aromatic heterocycles. The normalized spacial score (nSPS) is 13.2. The Balaban J connectivity index is 2.03. The van der Waals surface area contributed by atoms with Crippen LogP contribution in [0.1, 0.15) is 37.6 Å². The maximum Gasteiger partial charge on any atom is 0.338 e. The van der Waals surface area contributed by atoms with Crippen molar-refractivity contribution >= 4 is 11.9 Å². The van der Waals surface area contributed by atoms with Gasteiger partial charge in [0, 0.05) is 5.54 Å². The Bertz CT molecular complexity index is 609. The Morgan fingerprint density at radius 3 is 2.62 bits per heavy atom. The summed E-state index contributed by atoms with van der Waals surface area (Å²) in [5.74, 6) is 0.289. The number of ether oxygens (including phenoxy) is 4. The first kappa shape index (κ1) is 17.9. The van der Waals surface area contributed by atoms with Crippen LogP contribution in [0.5, 0.6) is 17.2 Å². The van der Waals surface area contributed by atoms with Gasteiger partial charge in [-0.25, -0.2) is 4.79 Å². The van der Waals surface area contributed by atoms with Crippen molar-refractivity contribution < 1.29 is 28.5 Å². The Morgan fingerprint density at radius 1 is 1.25 bits per heavy atom. The Kier molecular flexibility index (Phi) is 5.54. The van der Waals surface area contributed by atoms with E-state index >= 15 is 0 Å². The molecule has 0 saturated heterocycles. The molecule has 24 heavy (non-hydrogen) atoms. The Morgan fingerprint density at radius 2 is 1.96 bits per heavy atom. The molecule has 0 atom stereocenters. The molecule has 1 amide bonds. The highest BCUT2D eigenvalue weighted by Crippen LogP contribution is 2.40. The number of carbonyl (C=O) groups excluding carboxylic acids is 2. The van der Waals surface area contributed by atoms with E-state index in [2.05, 4.69) is 5.32 Å². The number of methoxy groups -OCH3 is 1. The molecule has 0 spiro atoms. The van der Waals surface area contributed by atoms with E-state index in [1.807, 2.05) is 20.8 Å². The van der Waals surface area contributed by atoms with Crippen molar-refractivity contribution in [2.75, 3.05) is 26.9 Å². The van der Waals surface area contributed by atoms with E-state index in [1.165, 1.54) is 19.2 Å². The zero-order valence-electron chi connectivity index (χ0n) is 14.4. The van der Waals surface area contributed by atoms with Crippen molar-refractivity contribution in [1.29, 1.82) is 0 Å². The van der Waals surface area contributed by atoms with Gasteiger partial charge >= 0.3 is 5.97 Å². The minimum absolute atomic E-state index is 0.235. The van der Waals surface area contributed by atoms with E-state index in [-0.39, 0.29) is 23.6 Å². The van der Waals surface area contributed by atoms with Gasteiger partial charge < -0.3 is 24.3 Å². The highest BCUT2D eigenvalue weighted by molar-refractivity contribution is 5.93. The van der Waals surface area contributed by atoms with Crippen LogP contribution in [0, 0.1) is 0 Å². The molecule has 7 nitrogen and oxygen atoms in total. The van der Waals surface area contributed by atoms with E-state index in [4.69, 9.17) is 18.9 Å². The minimum atomic E-state index is -0.630. The number of esters is 1. The molecule has 2 rings (SSSR count). The van der Waals surface area contributed by atoms with Crippen molar-refractivity contribution in [1.82, 2.24) is 5.32 Å². The van der Waals surface area contributed by atoms with Crippen molar-refractivity contribution in [2.24, 2.45) is 0 Å². The lowest BCUT2D eigenvalue weighted by Crippen LogP contribution is -2.44. The summed E-state index contributed by atoms with van der Waals surface area (Å²) in [6.45, 7) is 6.23. The first-order chi connectivity index (χ1) is 11.4. The molecule has 1 aliphatic heterocycles. The Hall–Kier alpha value is -2.44. The number of nitrogens with one attached hydrogen (secondary N) is 1. The van der Waals surface area contributed by atoms with Crippen LogP contribution < -0.4 is 19.5 Å². The van der Waals surface area contributed by atoms with Gasteiger partial charge in [0.05, 0.1) is 12.7 Å². The fourth-order valence-electron chi connectivity index (χ4n) is 2.11. The Labute approximate surface area is 141 Å². The predicted octanol–water partition coefficient (Wildman–Crippen LogP) is 1.93. The summed E-state index contributed by atoms with van der Waals surface area (Å²) in [6.07, 6.45) is 0.770. The number of amides is 1. The van der Waals surface area contributed by atoms with Crippen molar-refractivity contribution in [3.63, 3.8) is 0 Å². The molecule has 1 aliphatic rings. The fraction of sp³-hybridized carbons (Fsp3) is 0.529. The summed E-state index contributed by atoms with van der Waals surface area (Å²) in [5, 5.41) is 2.80. The fourth-order valence-corrected chi connectivity index (χ4v) is 2.11. The molecular formula is C17H23NO6. The number of rotatable bonds is 6. The summed E-state index contributed by atoms with van der Waals surface area (Å²) < 4.78 is 21.2. The van der Waals surface area contributed by atoms with E-state index in [0.29, 0.717) is 30.5 Å². The maximum absolute atomic E-state index is 12.2. The molecule has 0 unspecified atom stereocenters. The number of benzene rings is 1. The second-order valence-electron chi connectivity index (χ2n) is 6.06. The lowest BCUT2D eigenvalue weighted by molar-refractivity contribution is -0.125. The van der Waals surface area contributed by atoms with Gasteiger partial charge in [0.1, 0.15) is 13.2 Å². The monoisotopic (exact) mass is 337 g/mol. The maximum atomic E-state index is 12.2. The average Bonchev–Trinajstić information content (AvgIpc) is 2.58. The van der Waals surface area contributed by atoms with Crippen LogP contribution in [0.2, 0.25) is 0 Å². The molecule has 0 aliphatic carbocycles. The van der Waals surface area contributed by atoms with Gasteiger partial charge in [0.15, 0.2) is 18.1 Å². The first-order valence-electron chi connectivity index (χ1n) is 7.82. The standard InChI is InChI=1S/C17H23NO6/c1-5-17(2,3)18-14(19)10-24-16(20)11-8-12(21-4)15-13(9-11)22-6-7-23-15/h8-9H,5-7,10H2,1-4H3,(H,18,19). The summed E-state index contributed by atoms with van der Waals surface area (Å²) in [6, 6.07) is 3.02. The van der Waals surface area contributed by atoms with Gasteiger partial charge in [0.2, 0.25) is 5.75 Å². The average molecular weight is 337 g/mol. The van der Waals surface area contributed by atoms with Crippen LogP contribution in [-0.4, -0.2) is 44.3 Å². The molecule has 0 fully saturated rings. The van der Waals surface area contributed by atoms with Crippen LogP contribution in [0.3, 0.4) is 0 Å². The number of carbonyl (C=O) groups is 2. The molecule has 1 heterocycles. The molecular weight excluding hydrogens is 314 g/mol. The number of hydrogen-bond acceptors (Lipinski definition) is 6. The highest BCUT2D eigenvalue weighted by atomic mass is 16.6. The van der Waals surface area contributed by atoms with Crippen LogP contribution >= 0.6 is 0 Å². The van der Waals surface area contributed by atoms with E-state index in [1.54, 1.807) is 0 Å². The summed E-state index contributed by atoms with van der Waals surface area (Å²) >= 11 is 0. The molecule has 1 aromatic carbocycles. The predicted molar refractivity (Wildman–Crippen MR) is 86.8 cm³/mol. The lowest BCUT2D eigenvalue weighted by atomic mass is 10.0. The zero-order valence-corrected chi connectivity index (χ0v) is 14.4. The molecule has 132 valence electrons. The molecule has 7 heteroatoms. The van der Waals surface area contributed by atoms with Gasteiger partial charge in [-0.15, -0.1) is 0 Å². The first-order valence-corrected chi connectivity index (χ1v) is 7.82. The third-order valence-electron chi connectivity index (χ3n) is 3.76. The third kappa shape index (κ3) is 4.31. The van der Waals surface area contributed by atoms with Crippen LogP contribution in [0.4, 0.5) is 0 Å². The van der Waals surface area contributed by atoms with E-state index in [9.17, 15) is 9.59 Å². The van der Waals surface area contributed by atoms with Crippen LogP contribution in [-0.2, 0) is 9.53 Å². The van der Waals surface area contributed by atoms with Crippen molar-refractivity contribution in [2.45, 2.75) is 32.7 Å². The second kappa shape index (κ2) is 7.42. The van der Waals surface area contributed by atoms with Gasteiger partial charge in [-0.3, -0.25) is 4.79 Å². The van der Waals surface area contributed by atoms with Crippen molar-refractivity contribution in [3.8, 4) is 17.2 Å². The SMILES string of the molecule is CCC(C)(C)NC(=O)COC(=O)c1cc(OC)c2c(c1)OCCO2. The van der Waals surface area contributed by atoms with Crippen LogP contribution in [0.25, 0.3) is 0 Å². The number of hydrogen-bond donors (Lipinski definition) is 1. The van der Waals surface area contributed by atoms with Gasteiger partial charge in [-0.2, -0.15) is 0 Å². The minimum Gasteiger partial charge on any atom is -0.493 e. The van der Waals surface area contributed by atoms with Gasteiger partial charge in [-0.05, 0) is 32.4 Å². The van der Waals surface area contributed by atoms with Crippen LogP contribution in [0.15, 0.2) is 12.1 Å². The summed E-state index contributed by atoms with van der Waals surface area (Å²) in [5.41, 5.74) is -0.109. The summed E-state index contributed by atoms with van der Waals surface area (Å²) in [7, 11) is 1.48. The highest BCUT2D eigenvalue weighted by Gasteiger charge is 2.23. The van der Waals surface area contributed by atoms with Gasteiger partial charge in [0.25, 0.3) is 5.91 Å².